The number of guanidine groups is 1. The van der Waals surface area contributed by atoms with Crippen molar-refractivity contribution in [1.82, 2.24) is 20.9 Å². The van der Waals surface area contributed by atoms with Crippen LogP contribution in [0.5, 0.6) is 0 Å². The van der Waals surface area contributed by atoms with E-state index in [0.717, 1.165) is 56.3 Å². The number of hydrogen-bond acceptors (Lipinski definition) is 4. The monoisotopic (exact) mass is 439 g/mol. The Kier molecular flexibility index (Phi) is 9.62. The fraction of sp³-hybridized carbons (Fsp3) is 0.520. The van der Waals surface area contributed by atoms with Crippen LogP contribution < -0.4 is 16.0 Å². The molecule has 1 amide bonds. The van der Waals surface area contributed by atoms with E-state index >= 15 is 0 Å². The molecular formula is C25H37N5O2. The Morgan fingerprint density at radius 1 is 1.09 bits per heavy atom. The summed E-state index contributed by atoms with van der Waals surface area (Å²) in [5, 5.41) is 9.77. The lowest BCUT2D eigenvalue weighted by Gasteiger charge is -2.33. The molecule has 1 aromatic heterocycles. The lowest BCUT2D eigenvalue weighted by Crippen LogP contribution is -2.44. The smallest absolute Gasteiger partial charge is 0.251 e. The predicted molar refractivity (Wildman–Crippen MR) is 129 cm³/mol. The van der Waals surface area contributed by atoms with Gasteiger partial charge in [0.2, 0.25) is 0 Å². The van der Waals surface area contributed by atoms with Crippen molar-refractivity contribution >= 4 is 11.9 Å². The molecule has 1 aromatic carbocycles. The maximum atomic E-state index is 12.2. The molecule has 174 valence electrons. The minimum atomic E-state index is -0.0166. The molecule has 7 nitrogen and oxygen atoms in total. The Hall–Kier alpha value is -2.80. The third-order valence-electron chi connectivity index (χ3n) is 5.88. The van der Waals surface area contributed by atoms with Crippen LogP contribution in [0, 0.1) is 0 Å². The molecule has 0 saturated carbocycles. The maximum Gasteiger partial charge on any atom is 0.251 e. The minimum absolute atomic E-state index is 0.0166. The first-order valence-electron chi connectivity index (χ1n) is 11.8. The van der Waals surface area contributed by atoms with Crippen molar-refractivity contribution in [2.45, 2.75) is 51.6 Å². The van der Waals surface area contributed by atoms with Gasteiger partial charge in [0.1, 0.15) is 5.76 Å². The average molecular weight is 440 g/mol. The quantitative estimate of drug-likeness (QED) is 0.299. The third kappa shape index (κ3) is 7.12. The molecule has 32 heavy (non-hydrogen) atoms. The van der Waals surface area contributed by atoms with Crippen molar-refractivity contribution in [2.75, 3.05) is 33.2 Å². The van der Waals surface area contributed by atoms with Gasteiger partial charge in [0.25, 0.3) is 5.91 Å². The summed E-state index contributed by atoms with van der Waals surface area (Å²) in [7, 11) is 1.78. The number of amides is 1. The van der Waals surface area contributed by atoms with Crippen molar-refractivity contribution < 1.29 is 9.21 Å². The molecular weight excluding hydrogens is 402 g/mol. The number of benzene rings is 1. The van der Waals surface area contributed by atoms with Crippen LogP contribution in [-0.4, -0.2) is 50.0 Å². The Morgan fingerprint density at radius 2 is 1.88 bits per heavy atom. The van der Waals surface area contributed by atoms with E-state index in [-0.39, 0.29) is 11.9 Å². The second-order valence-corrected chi connectivity index (χ2v) is 8.24. The van der Waals surface area contributed by atoms with Crippen LogP contribution >= 0.6 is 0 Å². The summed E-state index contributed by atoms with van der Waals surface area (Å²) in [5.41, 5.74) is 1.78. The van der Waals surface area contributed by atoms with E-state index in [1.165, 1.54) is 19.3 Å². The first-order chi connectivity index (χ1) is 15.7. The lowest BCUT2D eigenvalue weighted by molar-refractivity contribution is 0.0953. The highest BCUT2D eigenvalue weighted by Crippen LogP contribution is 2.24. The third-order valence-corrected chi connectivity index (χ3v) is 5.88. The van der Waals surface area contributed by atoms with Gasteiger partial charge in [-0.05, 0) is 62.2 Å². The van der Waals surface area contributed by atoms with E-state index in [1.807, 2.05) is 30.3 Å². The lowest BCUT2D eigenvalue weighted by atomic mass is 10.1. The molecule has 1 aliphatic rings. The molecule has 0 bridgehead atoms. The fourth-order valence-corrected chi connectivity index (χ4v) is 3.98. The maximum absolute atomic E-state index is 12.2. The van der Waals surface area contributed by atoms with Gasteiger partial charge in [0.05, 0.1) is 12.3 Å². The molecule has 0 aliphatic carbocycles. The zero-order valence-corrected chi connectivity index (χ0v) is 19.4. The SMILES string of the molecule is CCCCNC(=O)c1ccc(CNC(=NC)NCC(c2ccco2)N2CCCCC2)cc1. The average Bonchev–Trinajstić information content (AvgIpc) is 3.37. The van der Waals surface area contributed by atoms with Crippen molar-refractivity contribution in [3.63, 3.8) is 0 Å². The number of hydrogen-bond donors (Lipinski definition) is 3. The molecule has 3 rings (SSSR count). The number of piperidine rings is 1. The molecule has 1 saturated heterocycles. The van der Waals surface area contributed by atoms with Crippen molar-refractivity contribution in [1.29, 1.82) is 0 Å². The fourth-order valence-electron chi connectivity index (χ4n) is 3.98. The largest absolute Gasteiger partial charge is 0.468 e. The normalized spacial score (nSPS) is 15.9. The minimum Gasteiger partial charge on any atom is -0.468 e. The Morgan fingerprint density at radius 3 is 2.53 bits per heavy atom. The molecule has 2 heterocycles. The number of aliphatic imine (C=N–C) groups is 1. The van der Waals surface area contributed by atoms with Gasteiger partial charge in [-0.25, -0.2) is 0 Å². The van der Waals surface area contributed by atoms with E-state index in [4.69, 9.17) is 4.42 Å². The van der Waals surface area contributed by atoms with Gasteiger partial charge in [-0.2, -0.15) is 0 Å². The molecule has 1 unspecified atom stereocenters. The molecule has 1 atom stereocenters. The summed E-state index contributed by atoms with van der Waals surface area (Å²) >= 11 is 0. The van der Waals surface area contributed by atoms with Crippen molar-refractivity contribution in [3.05, 3.63) is 59.5 Å². The number of likely N-dealkylation sites (tertiary alicyclic amines) is 1. The van der Waals surface area contributed by atoms with Crippen molar-refractivity contribution in [2.24, 2.45) is 4.99 Å². The van der Waals surface area contributed by atoms with Gasteiger partial charge in [-0.3, -0.25) is 14.7 Å². The van der Waals surface area contributed by atoms with Gasteiger partial charge >= 0.3 is 0 Å². The highest BCUT2D eigenvalue weighted by atomic mass is 16.3. The molecule has 1 fully saturated rings. The van der Waals surface area contributed by atoms with E-state index in [1.54, 1.807) is 13.3 Å². The summed E-state index contributed by atoms with van der Waals surface area (Å²) in [6, 6.07) is 11.9. The Labute approximate surface area is 191 Å². The zero-order chi connectivity index (χ0) is 22.6. The zero-order valence-electron chi connectivity index (χ0n) is 19.4. The number of nitrogens with zero attached hydrogens (tertiary/aromatic N) is 2. The van der Waals surface area contributed by atoms with Gasteiger partial charge in [0, 0.05) is 32.2 Å². The number of carbonyl (C=O) groups is 1. The molecule has 7 heteroatoms. The molecule has 0 spiro atoms. The Balaban J connectivity index is 1.50. The van der Waals surface area contributed by atoms with E-state index in [2.05, 4.69) is 38.8 Å². The summed E-state index contributed by atoms with van der Waals surface area (Å²) < 4.78 is 5.73. The number of furan rings is 1. The van der Waals surface area contributed by atoms with E-state index in [0.29, 0.717) is 12.1 Å². The van der Waals surface area contributed by atoms with Gasteiger partial charge in [-0.1, -0.05) is 31.9 Å². The molecule has 1 aliphatic heterocycles. The van der Waals surface area contributed by atoms with Gasteiger partial charge < -0.3 is 20.4 Å². The Bertz CT molecular complexity index is 827. The number of nitrogens with one attached hydrogen (secondary N) is 3. The first kappa shape index (κ1) is 23.9. The first-order valence-corrected chi connectivity index (χ1v) is 11.8. The summed E-state index contributed by atoms with van der Waals surface area (Å²) in [5.74, 6) is 1.72. The standard InChI is InChI=1S/C25H37N5O2/c1-3-4-14-27-24(31)21-12-10-20(11-13-21)18-28-25(26-2)29-19-22(23-9-8-17-32-23)30-15-6-5-7-16-30/h8-13,17,22H,3-7,14-16,18-19H2,1-2H3,(H,27,31)(H2,26,28,29). The highest BCUT2D eigenvalue weighted by Gasteiger charge is 2.24. The van der Waals surface area contributed by atoms with Crippen LogP contribution in [0.25, 0.3) is 0 Å². The second-order valence-electron chi connectivity index (χ2n) is 8.24. The van der Waals surface area contributed by atoms with Crippen LogP contribution in [-0.2, 0) is 6.54 Å². The van der Waals surface area contributed by atoms with Gasteiger partial charge in [-0.15, -0.1) is 0 Å². The highest BCUT2D eigenvalue weighted by molar-refractivity contribution is 5.94. The molecule has 3 N–H and O–H groups in total. The molecule has 0 radical (unpaired) electrons. The van der Waals surface area contributed by atoms with E-state index in [9.17, 15) is 4.79 Å². The van der Waals surface area contributed by atoms with Crippen LogP contribution in [0.3, 0.4) is 0 Å². The van der Waals surface area contributed by atoms with Crippen LogP contribution in [0.2, 0.25) is 0 Å². The summed E-state index contributed by atoms with van der Waals surface area (Å²) in [6.45, 7) is 6.38. The topological polar surface area (TPSA) is 81.9 Å². The van der Waals surface area contributed by atoms with Crippen LogP contribution in [0.15, 0.2) is 52.1 Å². The van der Waals surface area contributed by atoms with Crippen LogP contribution in [0.4, 0.5) is 0 Å². The number of unbranched alkanes of at least 4 members (excludes halogenated alkanes) is 1. The van der Waals surface area contributed by atoms with E-state index < -0.39 is 0 Å². The van der Waals surface area contributed by atoms with Gasteiger partial charge in [0.15, 0.2) is 5.96 Å². The number of rotatable bonds is 10. The number of carbonyl (C=O) groups excluding carboxylic acids is 1. The van der Waals surface area contributed by atoms with Crippen molar-refractivity contribution in [3.8, 4) is 0 Å². The summed E-state index contributed by atoms with van der Waals surface area (Å²) in [6.07, 6.45) is 7.58. The predicted octanol–water partition coefficient (Wildman–Crippen LogP) is 3.70. The van der Waals surface area contributed by atoms with Crippen LogP contribution in [0.1, 0.15) is 66.8 Å². The summed E-state index contributed by atoms with van der Waals surface area (Å²) in [4.78, 5) is 19.0. The second kappa shape index (κ2) is 12.9. The molecule has 2 aromatic rings.